The number of amides is 1. The SMILES string of the molecule is Cc1cccc(-n2c(=O)c3ccccc3n3c(SC(C(N)=O)c4ccccc4)nnc23)c1C. The number of aryl methyl sites for hydroxylation is 1. The number of fused-ring (bicyclic) bond motifs is 3. The molecule has 0 aliphatic heterocycles. The number of nitrogens with two attached hydrogens (primary N) is 1. The molecule has 0 aliphatic carbocycles. The van der Waals surface area contributed by atoms with Gasteiger partial charge in [0, 0.05) is 0 Å². The quantitative estimate of drug-likeness (QED) is 0.405. The Morgan fingerprint density at radius 2 is 1.67 bits per heavy atom. The van der Waals surface area contributed by atoms with Gasteiger partial charge in [0.1, 0.15) is 5.25 Å². The zero-order valence-corrected chi connectivity index (χ0v) is 18.9. The van der Waals surface area contributed by atoms with Gasteiger partial charge in [-0.05, 0) is 48.7 Å². The third-order valence-corrected chi connectivity index (χ3v) is 7.01. The van der Waals surface area contributed by atoms with Gasteiger partial charge in [0.25, 0.3) is 5.56 Å². The van der Waals surface area contributed by atoms with Gasteiger partial charge in [-0.1, -0.05) is 66.4 Å². The first kappa shape index (κ1) is 21.0. The van der Waals surface area contributed by atoms with Crippen LogP contribution in [-0.2, 0) is 4.79 Å². The Hall–Kier alpha value is -3.91. The summed E-state index contributed by atoms with van der Waals surface area (Å²) in [5, 5.41) is 9.12. The summed E-state index contributed by atoms with van der Waals surface area (Å²) in [5.74, 6) is -0.0960. The smallest absolute Gasteiger partial charge is 0.267 e. The van der Waals surface area contributed by atoms with Crippen LogP contribution in [-0.4, -0.2) is 25.1 Å². The summed E-state index contributed by atoms with van der Waals surface area (Å²) in [6.45, 7) is 3.98. The molecule has 5 rings (SSSR count). The van der Waals surface area contributed by atoms with Crippen LogP contribution in [0.25, 0.3) is 22.4 Å². The molecule has 2 heterocycles. The number of primary amides is 1. The molecule has 1 unspecified atom stereocenters. The molecular weight excluding hydrogens is 434 g/mol. The fourth-order valence-electron chi connectivity index (χ4n) is 3.97. The minimum Gasteiger partial charge on any atom is -0.368 e. The topological polar surface area (TPSA) is 95.3 Å². The van der Waals surface area contributed by atoms with Crippen molar-refractivity contribution in [1.82, 2.24) is 19.2 Å². The molecule has 0 aliphatic rings. The van der Waals surface area contributed by atoms with E-state index in [0.717, 1.165) is 22.4 Å². The first-order chi connectivity index (χ1) is 16.0. The first-order valence-corrected chi connectivity index (χ1v) is 11.3. The third kappa shape index (κ3) is 3.48. The van der Waals surface area contributed by atoms with Crippen molar-refractivity contribution in [3.63, 3.8) is 0 Å². The van der Waals surface area contributed by atoms with E-state index in [2.05, 4.69) is 10.2 Å². The fourth-order valence-corrected chi connectivity index (χ4v) is 4.97. The van der Waals surface area contributed by atoms with Crippen molar-refractivity contribution in [2.24, 2.45) is 5.73 Å². The van der Waals surface area contributed by atoms with Crippen molar-refractivity contribution in [2.45, 2.75) is 24.3 Å². The summed E-state index contributed by atoms with van der Waals surface area (Å²) >= 11 is 1.22. The van der Waals surface area contributed by atoms with E-state index >= 15 is 0 Å². The van der Waals surface area contributed by atoms with E-state index in [9.17, 15) is 9.59 Å². The van der Waals surface area contributed by atoms with E-state index in [1.165, 1.54) is 11.8 Å². The summed E-state index contributed by atoms with van der Waals surface area (Å²) < 4.78 is 3.41. The molecule has 7 nitrogen and oxygen atoms in total. The highest BCUT2D eigenvalue weighted by Crippen LogP contribution is 2.35. The molecular formula is C25H21N5O2S. The summed E-state index contributed by atoms with van der Waals surface area (Å²) in [4.78, 5) is 25.9. The Balaban J connectivity index is 1.80. The Morgan fingerprint density at radius 3 is 2.42 bits per heavy atom. The first-order valence-electron chi connectivity index (χ1n) is 10.4. The van der Waals surface area contributed by atoms with Crippen LogP contribution in [0.5, 0.6) is 0 Å². The minimum atomic E-state index is -0.654. The molecule has 0 fully saturated rings. The normalized spacial score (nSPS) is 12.3. The number of hydrogen-bond acceptors (Lipinski definition) is 5. The largest absolute Gasteiger partial charge is 0.368 e. The van der Waals surface area contributed by atoms with Crippen molar-refractivity contribution >= 4 is 34.3 Å². The van der Waals surface area contributed by atoms with Gasteiger partial charge in [-0.25, -0.2) is 4.57 Å². The van der Waals surface area contributed by atoms with Gasteiger partial charge in [-0.2, -0.15) is 0 Å². The van der Waals surface area contributed by atoms with E-state index in [4.69, 9.17) is 5.73 Å². The monoisotopic (exact) mass is 455 g/mol. The van der Waals surface area contributed by atoms with Crippen LogP contribution in [0.15, 0.2) is 82.7 Å². The van der Waals surface area contributed by atoms with Gasteiger partial charge in [0.05, 0.1) is 16.6 Å². The molecule has 33 heavy (non-hydrogen) atoms. The Labute approximate surface area is 193 Å². The lowest BCUT2D eigenvalue weighted by Gasteiger charge is -2.15. The van der Waals surface area contributed by atoms with Gasteiger partial charge in [-0.3, -0.25) is 14.0 Å². The molecule has 2 aromatic heterocycles. The van der Waals surface area contributed by atoms with Crippen molar-refractivity contribution in [2.75, 3.05) is 0 Å². The number of thioether (sulfide) groups is 1. The average molecular weight is 456 g/mol. The molecule has 2 N–H and O–H groups in total. The van der Waals surface area contributed by atoms with Crippen molar-refractivity contribution < 1.29 is 4.79 Å². The molecule has 0 saturated carbocycles. The Bertz CT molecular complexity index is 1570. The number of para-hydroxylation sites is 1. The summed E-state index contributed by atoms with van der Waals surface area (Å²) in [6, 6.07) is 22.5. The predicted octanol–water partition coefficient (Wildman–Crippen LogP) is 3.97. The van der Waals surface area contributed by atoms with E-state index in [1.54, 1.807) is 10.6 Å². The fraction of sp³-hybridized carbons (Fsp3) is 0.120. The zero-order chi connectivity index (χ0) is 23.1. The van der Waals surface area contributed by atoms with Crippen molar-refractivity contribution in [1.29, 1.82) is 0 Å². The maximum Gasteiger partial charge on any atom is 0.267 e. The van der Waals surface area contributed by atoms with E-state index < -0.39 is 11.2 Å². The average Bonchev–Trinajstić information content (AvgIpc) is 3.24. The molecule has 3 aromatic carbocycles. The number of benzene rings is 3. The highest BCUT2D eigenvalue weighted by Gasteiger charge is 2.25. The maximum atomic E-state index is 13.6. The number of hydrogen-bond donors (Lipinski definition) is 1. The number of aromatic nitrogens is 4. The second-order valence-corrected chi connectivity index (χ2v) is 8.88. The molecule has 1 amide bonds. The van der Waals surface area contributed by atoms with Crippen molar-refractivity contribution in [3.05, 3.63) is 99.8 Å². The highest BCUT2D eigenvalue weighted by molar-refractivity contribution is 8.00. The van der Waals surface area contributed by atoms with E-state index in [0.29, 0.717) is 21.8 Å². The standard InChI is InChI=1S/C25H21N5O2S/c1-15-9-8-14-19(16(15)2)29-23(32)18-12-6-7-13-20(18)30-24(29)27-28-25(30)33-21(22(26)31)17-10-4-3-5-11-17/h3-14,21H,1-2H3,(H2,26,31). The number of carbonyl (C=O) groups is 1. The summed E-state index contributed by atoms with van der Waals surface area (Å²) in [6.07, 6.45) is 0. The molecule has 0 radical (unpaired) electrons. The second-order valence-electron chi connectivity index (χ2n) is 7.81. The van der Waals surface area contributed by atoms with Gasteiger partial charge in [-0.15, -0.1) is 10.2 Å². The van der Waals surface area contributed by atoms with Crippen LogP contribution >= 0.6 is 11.8 Å². The Morgan fingerprint density at radius 1 is 0.939 bits per heavy atom. The number of carbonyl (C=O) groups excluding carboxylic acids is 1. The van der Waals surface area contributed by atoms with Gasteiger partial charge in [0.15, 0.2) is 5.16 Å². The van der Waals surface area contributed by atoms with Crippen LogP contribution in [0.1, 0.15) is 21.9 Å². The van der Waals surface area contributed by atoms with Crippen LogP contribution in [0.2, 0.25) is 0 Å². The molecule has 0 spiro atoms. The molecule has 8 heteroatoms. The predicted molar refractivity (Wildman–Crippen MR) is 130 cm³/mol. The van der Waals surface area contributed by atoms with Gasteiger partial charge in [0.2, 0.25) is 11.7 Å². The lowest BCUT2D eigenvalue weighted by Crippen LogP contribution is -2.23. The Kier molecular flexibility index (Phi) is 5.22. The van der Waals surface area contributed by atoms with Gasteiger partial charge >= 0.3 is 0 Å². The molecule has 164 valence electrons. The minimum absolute atomic E-state index is 0.176. The highest BCUT2D eigenvalue weighted by atomic mass is 32.2. The summed E-state index contributed by atoms with van der Waals surface area (Å²) in [7, 11) is 0. The lowest BCUT2D eigenvalue weighted by molar-refractivity contribution is -0.117. The van der Waals surface area contributed by atoms with Crippen LogP contribution in [0, 0.1) is 13.8 Å². The summed E-state index contributed by atoms with van der Waals surface area (Å²) in [5.41, 5.74) is 9.81. The van der Waals surface area contributed by atoms with Crippen LogP contribution < -0.4 is 11.3 Å². The third-order valence-electron chi connectivity index (χ3n) is 5.80. The number of rotatable bonds is 5. The van der Waals surface area contributed by atoms with E-state index in [1.807, 2.05) is 85.0 Å². The molecule has 0 bridgehead atoms. The molecule has 0 saturated heterocycles. The number of nitrogens with zero attached hydrogens (tertiary/aromatic N) is 4. The van der Waals surface area contributed by atoms with Gasteiger partial charge < -0.3 is 5.73 Å². The second kappa shape index (κ2) is 8.22. The van der Waals surface area contributed by atoms with Crippen LogP contribution in [0.3, 0.4) is 0 Å². The lowest BCUT2D eigenvalue weighted by atomic mass is 10.1. The zero-order valence-electron chi connectivity index (χ0n) is 18.1. The molecule has 5 aromatic rings. The van der Waals surface area contributed by atoms with E-state index in [-0.39, 0.29) is 5.56 Å². The molecule has 1 atom stereocenters. The maximum absolute atomic E-state index is 13.6. The van der Waals surface area contributed by atoms with Crippen molar-refractivity contribution in [3.8, 4) is 5.69 Å². The van der Waals surface area contributed by atoms with Crippen LogP contribution in [0.4, 0.5) is 0 Å².